The molecule has 0 radical (unpaired) electrons. The van der Waals surface area contributed by atoms with Crippen LogP contribution in [0.15, 0.2) is 36.8 Å². The lowest BCUT2D eigenvalue weighted by molar-refractivity contribution is 0.765. The van der Waals surface area contributed by atoms with Gasteiger partial charge >= 0.3 is 0 Å². The minimum Gasteiger partial charge on any atom is -0.365 e. The van der Waals surface area contributed by atoms with Crippen molar-refractivity contribution in [1.82, 2.24) is 15.3 Å². The Morgan fingerprint density at radius 1 is 1.35 bits per heavy atom. The van der Waals surface area contributed by atoms with E-state index in [2.05, 4.69) is 15.3 Å². The Bertz CT molecular complexity index is 525. The van der Waals surface area contributed by atoms with Crippen molar-refractivity contribution >= 4 is 28.5 Å². The second kappa shape index (κ2) is 7.97. The van der Waals surface area contributed by atoms with E-state index in [-0.39, 0.29) is 0 Å². The molecule has 1 aromatic carbocycles. The summed E-state index contributed by atoms with van der Waals surface area (Å²) in [7, 11) is 0. The molecule has 0 aliphatic rings. The van der Waals surface area contributed by atoms with Crippen LogP contribution in [0.5, 0.6) is 0 Å². The van der Waals surface area contributed by atoms with Crippen molar-refractivity contribution in [2.45, 2.75) is 18.6 Å². The molecule has 2 aromatic rings. The van der Waals surface area contributed by atoms with Gasteiger partial charge in [-0.2, -0.15) is 0 Å². The number of aromatic nitrogens is 2. The minimum absolute atomic E-state index is 0.502. The Morgan fingerprint density at radius 3 is 2.85 bits per heavy atom. The van der Waals surface area contributed by atoms with Crippen molar-refractivity contribution in [2.24, 2.45) is 0 Å². The molecule has 0 fully saturated rings. The van der Waals surface area contributed by atoms with Crippen molar-refractivity contribution in [1.29, 1.82) is 5.41 Å². The summed E-state index contributed by atoms with van der Waals surface area (Å²) in [5, 5.41) is 12.2. The van der Waals surface area contributed by atoms with E-state index in [0.29, 0.717) is 5.17 Å². The monoisotopic (exact) mass is 308 g/mol. The second-order valence-corrected chi connectivity index (χ2v) is 5.76. The molecule has 20 heavy (non-hydrogen) atoms. The summed E-state index contributed by atoms with van der Waals surface area (Å²) >= 11 is 7.32. The standard InChI is InChI=1S/C14H17ClN4S/c15-12-5-3-11(4-6-12)9-20-14(16)18-7-1-2-13-8-17-10-19-13/h3-6,8,10H,1-2,7,9H2,(H2,16,18)(H,17,19). The van der Waals surface area contributed by atoms with Crippen LogP contribution in [0.1, 0.15) is 17.7 Å². The molecular weight excluding hydrogens is 292 g/mol. The van der Waals surface area contributed by atoms with Gasteiger partial charge in [0.05, 0.1) is 12.0 Å². The lowest BCUT2D eigenvalue weighted by atomic mass is 10.2. The highest BCUT2D eigenvalue weighted by Gasteiger charge is 2.00. The Labute approximate surface area is 127 Å². The molecule has 0 aliphatic carbocycles. The van der Waals surface area contributed by atoms with Gasteiger partial charge in [0, 0.05) is 23.5 Å². The number of aromatic amines is 1. The molecule has 6 heteroatoms. The van der Waals surface area contributed by atoms with Crippen LogP contribution < -0.4 is 5.32 Å². The number of nitrogens with one attached hydrogen (secondary N) is 3. The molecule has 0 saturated heterocycles. The van der Waals surface area contributed by atoms with Gasteiger partial charge in [-0.3, -0.25) is 5.41 Å². The number of thioether (sulfide) groups is 1. The molecule has 1 heterocycles. The zero-order valence-electron chi connectivity index (χ0n) is 11.0. The number of amidine groups is 1. The zero-order chi connectivity index (χ0) is 14.2. The smallest absolute Gasteiger partial charge is 0.154 e. The van der Waals surface area contributed by atoms with Crippen LogP contribution in [0.2, 0.25) is 5.02 Å². The van der Waals surface area contributed by atoms with Crippen molar-refractivity contribution in [3.63, 3.8) is 0 Å². The second-order valence-electron chi connectivity index (χ2n) is 4.34. The number of aryl methyl sites for hydroxylation is 1. The maximum atomic E-state index is 7.84. The van der Waals surface area contributed by atoms with E-state index in [1.807, 2.05) is 30.5 Å². The molecule has 1 aromatic heterocycles. The normalized spacial score (nSPS) is 10.4. The van der Waals surface area contributed by atoms with Gasteiger partial charge in [0.25, 0.3) is 0 Å². The first kappa shape index (κ1) is 14.9. The van der Waals surface area contributed by atoms with E-state index < -0.39 is 0 Å². The number of nitrogens with zero attached hydrogens (tertiary/aromatic N) is 1. The lowest BCUT2D eigenvalue weighted by Crippen LogP contribution is -2.21. The molecule has 0 amide bonds. The van der Waals surface area contributed by atoms with Crippen LogP contribution in [0.3, 0.4) is 0 Å². The molecule has 0 atom stereocenters. The van der Waals surface area contributed by atoms with E-state index in [9.17, 15) is 0 Å². The van der Waals surface area contributed by atoms with Crippen LogP contribution >= 0.6 is 23.4 Å². The highest BCUT2D eigenvalue weighted by atomic mass is 35.5. The topological polar surface area (TPSA) is 64.6 Å². The summed E-state index contributed by atoms with van der Waals surface area (Å²) < 4.78 is 0. The van der Waals surface area contributed by atoms with Gasteiger partial charge in [-0.25, -0.2) is 4.98 Å². The predicted molar refractivity (Wildman–Crippen MR) is 85.4 cm³/mol. The number of H-pyrrole nitrogens is 1. The van der Waals surface area contributed by atoms with Crippen LogP contribution in [-0.4, -0.2) is 21.7 Å². The van der Waals surface area contributed by atoms with Gasteiger partial charge < -0.3 is 10.3 Å². The lowest BCUT2D eigenvalue weighted by Gasteiger charge is -2.07. The third-order valence-corrected chi connectivity index (χ3v) is 3.91. The SMILES string of the molecule is N=C(NCCCc1c[nH]cn1)SCc1ccc(Cl)cc1. The van der Waals surface area contributed by atoms with E-state index >= 15 is 0 Å². The van der Waals surface area contributed by atoms with E-state index in [4.69, 9.17) is 17.0 Å². The van der Waals surface area contributed by atoms with Crippen molar-refractivity contribution in [2.75, 3.05) is 6.54 Å². The van der Waals surface area contributed by atoms with E-state index in [1.165, 1.54) is 17.3 Å². The quantitative estimate of drug-likeness (QED) is 0.435. The molecule has 3 N–H and O–H groups in total. The molecular formula is C14H17ClN4S. The van der Waals surface area contributed by atoms with Gasteiger partial charge in [-0.05, 0) is 30.5 Å². The number of hydrogen-bond donors (Lipinski definition) is 3. The number of benzene rings is 1. The van der Waals surface area contributed by atoms with Gasteiger partial charge in [-0.15, -0.1) is 0 Å². The molecule has 0 unspecified atom stereocenters. The van der Waals surface area contributed by atoms with Crippen LogP contribution in [0.25, 0.3) is 0 Å². The van der Waals surface area contributed by atoms with Crippen molar-refractivity contribution in [3.05, 3.63) is 53.1 Å². The number of imidazole rings is 1. The van der Waals surface area contributed by atoms with Crippen LogP contribution in [0.4, 0.5) is 0 Å². The van der Waals surface area contributed by atoms with Gasteiger partial charge in [0.2, 0.25) is 0 Å². The molecule has 0 saturated carbocycles. The van der Waals surface area contributed by atoms with Crippen molar-refractivity contribution < 1.29 is 0 Å². The number of hydrogen-bond acceptors (Lipinski definition) is 3. The molecule has 106 valence electrons. The Hall–Kier alpha value is -1.46. The summed E-state index contributed by atoms with van der Waals surface area (Å²) in [6, 6.07) is 7.72. The third-order valence-electron chi connectivity index (χ3n) is 2.75. The van der Waals surface area contributed by atoms with Gasteiger partial charge in [0.1, 0.15) is 0 Å². The Balaban J connectivity index is 1.59. The Morgan fingerprint density at radius 2 is 2.15 bits per heavy atom. The predicted octanol–water partition coefficient (Wildman–Crippen LogP) is 3.45. The Kier molecular flexibility index (Phi) is 5.95. The molecule has 4 nitrogen and oxygen atoms in total. The molecule has 0 bridgehead atoms. The molecule has 0 spiro atoms. The molecule has 2 rings (SSSR count). The number of rotatable bonds is 6. The third kappa shape index (κ3) is 5.27. The highest BCUT2D eigenvalue weighted by molar-refractivity contribution is 8.13. The first-order chi connectivity index (χ1) is 9.74. The van der Waals surface area contributed by atoms with Gasteiger partial charge in [-0.1, -0.05) is 35.5 Å². The molecule has 0 aliphatic heterocycles. The average Bonchev–Trinajstić information content (AvgIpc) is 2.96. The number of halogens is 1. The minimum atomic E-state index is 0.502. The van der Waals surface area contributed by atoms with E-state index in [1.54, 1.807) is 6.33 Å². The van der Waals surface area contributed by atoms with Crippen molar-refractivity contribution in [3.8, 4) is 0 Å². The maximum absolute atomic E-state index is 7.84. The average molecular weight is 309 g/mol. The summed E-state index contributed by atoms with van der Waals surface area (Å²) in [4.78, 5) is 7.10. The summed E-state index contributed by atoms with van der Waals surface area (Å²) in [5.41, 5.74) is 2.23. The van der Waals surface area contributed by atoms with Crippen LogP contribution in [-0.2, 0) is 12.2 Å². The highest BCUT2D eigenvalue weighted by Crippen LogP contribution is 2.15. The fraction of sp³-hybridized carbons (Fsp3) is 0.286. The first-order valence-corrected chi connectivity index (χ1v) is 7.78. The first-order valence-electron chi connectivity index (χ1n) is 6.41. The fourth-order valence-electron chi connectivity index (χ4n) is 1.69. The zero-order valence-corrected chi connectivity index (χ0v) is 12.6. The largest absolute Gasteiger partial charge is 0.365 e. The van der Waals surface area contributed by atoms with Crippen LogP contribution in [0, 0.1) is 5.41 Å². The maximum Gasteiger partial charge on any atom is 0.154 e. The van der Waals surface area contributed by atoms with E-state index in [0.717, 1.165) is 35.9 Å². The summed E-state index contributed by atoms with van der Waals surface area (Å²) in [6.07, 6.45) is 5.48. The fourth-order valence-corrected chi connectivity index (χ4v) is 2.52. The summed E-state index contributed by atoms with van der Waals surface area (Å²) in [5.74, 6) is 0.780. The van der Waals surface area contributed by atoms with Gasteiger partial charge in [0.15, 0.2) is 5.17 Å². The summed E-state index contributed by atoms with van der Waals surface area (Å²) in [6.45, 7) is 0.791.